The largest absolute Gasteiger partial charge is 0.481 e. The zero-order valence-corrected chi connectivity index (χ0v) is 8.51. The van der Waals surface area contributed by atoms with Crippen LogP contribution in [0.3, 0.4) is 0 Å². The molecule has 14 heavy (non-hydrogen) atoms. The monoisotopic (exact) mass is 237 g/mol. The first-order chi connectivity index (χ1) is 6.49. The Morgan fingerprint density at radius 1 is 1.64 bits per heavy atom. The maximum Gasteiger partial charge on any atom is 0.304 e. The second kappa shape index (κ2) is 4.33. The highest BCUT2D eigenvalue weighted by molar-refractivity contribution is 7.92. The van der Waals surface area contributed by atoms with Crippen LogP contribution in [0.1, 0.15) is 6.42 Å². The first-order valence-electron chi connectivity index (χ1n) is 3.48. The molecule has 0 aliphatic rings. The van der Waals surface area contributed by atoms with Crippen LogP contribution < -0.4 is 4.72 Å². The van der Waals surface area contributed by atoms with Crippen LogP contribution in [0.15, 0.2) is 5.51 Å². The third kappa shape index (κ3) is 3.66. The molecule has 0 aromatic carbocycles. The van der Waals surface area contributed by atoms with Crippen molar-refractivity contribution < 1.29 is 18.3 Å². The summed E-state index contributed by atoms with van der Waals surface area (Å²) >= 11 is 1.02. The van der Waals surface area contributed by atoms with Gasteiger partial charge in [0.05, 0.1) is 12.2 Å². The predicted molar refractivity (Wildman–Crippen MR) is 49.6 cm³/mol. The van der Waals surface area contributed by atoms with Crippen LogP contribution in [-0.2, 0) is 14.8 Å². The molecule has 2 N–H and O–H groups in total. The van der Waals surface area contributed by atoms with E-state index in [1.54, 1.807) is 0 Å². The fourth-order valence-corrected chi connectivity index (χ4v) is 2.34. The summed E-state index contributed by atoms with van der Waals surface area (Å²) in [5.41, 5.74) is 1.37. The molecule has 1 aromatic heterocycles. The number of nitrogens with zero attached hydrogens (tertiary/aromatic N) is 2. The Balaban J connectivity index is 2.55. The first kappa shape index (κ1) is 10.9. The zero-order chi connectivity index (χ0) is 10.6. The van der Waals surface area contributed by atoms with E-state index in [-0.39, 0.29) is 5.13 Å². The average molecular weight is 237 g/mol. The van der Waals surface area contributed by atoms with Gasteiger partial charge in [0.25, 0.3) is 0 Å². The van der Waals surface area contributed by atoms with Crippen molar-refractivity contribution >= 4 is 32.5 Å². The van der Waals surface area contributed by atoms with Crippen LogP contribution >= 0.6 is 11.3 Å². The molecule has 0 atom stereocenters. The second-order valence-electron chi connectivity index (χ2n) is 2.31. The van der Waals surface area contributed by atoms with Crippen molar-refractivity contribution in [2.24, 2.45) is 0 Å². The average Bonchev–Trinajstić information content (AvgIpc) is 2.53. The third-order valence-electron chi connectivity index (χ3n) is 1.19. The molecule has 1 heterocycles. The summed E-state index contributed by atoms with van der Waals surface area (Å²) in [6.07, 6.45) is -0.436. The normalized spacial score (nSPS) is 11.1. The molecule has 0 saturated heterocycles. The molecule has 0 saturated carbocycles. The van der Waals surface area contributed by atoms with E-state index in [4.69, 9.17) is 5.11 Å². The summed E-state index contributed by atoms with van der Waals surface area (Å²) in [6.45, 7) is 0. The van der Waals surface area contributed by atoms with Crippen LogP contribution in [0.2, 0.25) is 0 Å². The van der Waals surface area contributed by atoms with Gasteiger partial charge < -0.3 is 5.11 Å². The smallest absolute Gasteiger partial charge is 0.304 e. The van der Waals surface area contributed by atoms with E-state index in [1.807, 2.05) is 0 Å². The van der Waals surface area contributed by atoms with Gasteiger partial charge in [0.1, 0.15) is 5.51 Å². The van der Waals surface area contributed by atoms with E-state index in [1.165, 1.54) is 5.51 Å². The molecule has 0 bridgehead atoms. The van der Waals surface area contributed by atoms with Crippen LogP contribution in [-0.4, -0.2) is 35.4 Å². The maximum absolute atomic E-state index is 11.2. The van der Waals surface area contributed by atoms with E-state index in [0.717, 1.165) is 11.3 Å². The standard InChI is InChI=1S/C5H7N3O4S2/c9-4(10)1-2-14(11,12)8-5-7-6-3-13-5/h3H,1-2H2,(H,7,8)(H,9,10). The summed E-state index contributed by atoms with van der Waals surface area (Å²) in [5, 5.41) is 15.3. The number of hydrogen-bond acceptors (Lipinski definition) is 6. The van der Waals surface area contributed by atoms with Crippen LogP contribution in [0.4, 0.5) is 5.13 Å². The Morgan fingerprint density at radius 3 is 2.86 bits per heavy atom. The quantitative estimate of drug-likeness (QED) is 0.731. The van der Waals surface area contributed by atoms with Crippen molar-refractivity contribution in [1.82, 2.24) is 10.2 Å². The highest BCUT2D eigenvalue weighted by atomic mass is 32.2. The van der Waals surface area contributed by atoms with E-state index >= 15 is 0 Å². The molecule has 0 aliphatic carbocycles. The van der Waals surface area contributed by atoms with Crippen LogP contribution in [0, 0.1) is 0 Å². The number of carbonyl (C=O) groups is 1. The molecule has 0 spiro atoms. The lowest BCUT2D eigenvalue weighted by Gasteiger charge is -2.01. The molecule has 0 aliphatic heterocycles. The lowest BCUT2D eigenvalue weighted by Crippen LogP contribution is -2.18. The fourth-order valence-electron chi connectivity index (χ4n) is 0.623. The Morgan fingerprint density at radius 2 is 2.36 bits per heavy atom. The Kier molecular flexibility index (Phi) is 3.36. The molecule has 0 fully saturated rings. The van der Waals surface area contributed by atoms with Gasteiger partial charge in [-0.2, -0.15) is 0 Å². The molecular weight excluding hydrogens is 230 g/mol. The number of hydrogen-bond donors (Lipinski definition) is 2. The molecule has 0 unspecified atom stereocenters. The Labute approximate surface area is 83.8 Å². The van der Waals surface area contributed by atoms with Gasteiger partial charge in [0.2, 0.25) is 15.2 Å². The van der Waals surface area contributed by atoms with Crippen molar-refractivity contribution in [2.45, 2.75) is 6.42 Å². The van der Waals surface area contributed by atoms with Gasteiger partial charge in [-0.1, -0.05) is 11.3 Å². The van der Waals surface area contributed by atoms with E-state index in [2.05, 4.69) is 14.9 Å². The summed E-state index contributed by atoms with van der Waals surface area (Å²) in [5.74, 6) is -1.63. The topological polar surface area (TPSA) is 109 Å². The van der Waals surface area contributed by atoms with Crippen LogP contribution in [0.25, 0.3) is 0 Å². The lowest BCUT2D eigenvalue weighted by molar-refractivity contribution is -0.136. The summed E-state index contributed by atoms with van der Waals surface area (Å²) in [7, 11) is -3.62. The number of nitrogens with one attached hydrogen (secondary N) is 1. The minimum absolute atomic E-state index is 0.135. The van der Waals surface area contributed by atoms with Crippen molar-refractivity contribution in [3.05, 3.63) is 5.51 Å². The van der Waals surface area contributed by atoms with Crippen molar-refractivity contribution in [2.75, 3.05) is 10.5 Å². The summed E-state index contributed by atoms with van der Waals surface area (Å²) in [4.78, 5) is 10.1. The summed E-state index contributed by atoms with van der Waals surface area (Å²) in [6, 6.07) is 0. The number of anilines is 1. The number of carboxylic acids is 1. The van der Waals surface area contributed by atoms with Gasteiger partial charge in [-0.3, -0.25) is 9.52 Å². The van der Waals surface area contributed by atoms with E-state index in [9.17, 15) is 13.2 Å². The first-order valence-corrected chi connectivity index (χ1v) is 6.01. The molecule has 9 heteroatoms. The second-order valence-corrected chi connectivity index (χ2v) is 4.98. The van der Waals surface area contributed by atoms with E-state index in [0.29, 0.717) is 0 Å². The maximum atomic E-state index is 11.2. The number of aromatic nitrogens is 2. The van der Waals surface area contributed by atoms with E-state index < -0.39 is 28.2 Å². The van der Waals surface area contributed by atoms with Crippen molar-refractivity contribution in [3.8, 4) is 0 Å². The van der Waals surface area contributed by atoms with Gasteiger partial charge in [0, 0.05) is 0 Å². The Bertz CT molecular complexity index is 399. The molecule has 1 aromatic rings. The number of rotatable bonds is 5. The highest BCUT2D eigenvalue weighted by Crippen LogP contribution is 2.10. The molecule has 0 radical (unpaired) electrons. The summed E-state index contributed by atoms with van der Waals surface area (Å²) < 4.78 is 24.4. The van der Waals surface area contributed by atoms with Gasteiger partial charge >= 0.3 is 5.97 Å². The zero-order valence-electron chi connectivity index (χ0n) is 6.87. The molecule has 1 rings (SSSR count). The van der Waals surface area contributed by atoms with Gasteiger partial charge in [0.15, 0.2) is 0 Å². The fraction of sp³-hybridized carbons (Fsp3) is 0.400. The van der Waals surface area contributed by atoms with Gasteiger partial charge in [-0.25, -0.2) is 8.42 Å². The predicted octanol–water partition coefficient (Wildman–Crippen LogP) is -0.245. The molecule has 7 nitrogen and oxygen atoms in total. The minimum atomic E-state index is -3.62. The van der Waals surface area contributed by atoms with Crippen molar-refractivity contribution in [1.29, 1.82) is 0 Å². The molecular formula is C5H7N3O4S2. The van der Waals surface area contributed by atoms with Gasteiger partial charge in [-0.05, 0) is 0 Å². The van der Waals surface area contributed by atoms with Crippen LogP contribution in [0.5, 0.6) is 0 Å². The molecule has 78 valence electrons. The number of sulfonamides is 1. The SMILES string of the molecule is O=C(O)CCS(=O)(=O)Nc1nncs1. The number of aliphatic carboxylic acids is 1. The Hall–Kier alpha value is -1.22. The third-order valence-corrected chi connectivity index (χ3v) is 3.17. The minimum Gasteiger partial charge on any atom is -0.481 e. The lowest BCUT2D eigenvalue weighted by atomic mass is 10.5. The van der Waals surface area contributed by atoms with Crippen molar-refractivity contribution in [3.63, 3.8) is 0 Å². The van der Waals surface area contributed by atoms with Gasteiger partial charge in [-0.15, -0.1) is 10.2 Å². The highest BCUT2D eigenvalue weighted by Gasteiger charge is 2.13. The number of carboxylic acid groups (broad SMARTS) is 1. The molecule has 0 amide bonds.